The Hall–Kier alpha value is 0. The van der Waals surface area contributed by atoms with Gasteiger partial charge in [-0.15, -0.1) is 0 Å². The smallest absolute Gasteiger partial charge is 0.0443 e. The molecule has 0 bridgehead atoms. The van der Waals surface area contributed by atoms with Crippen LogP contribution in [0.2, 0.25) is 0 Å². The topological polar surface area (TPSA) is 0 Å². The fraction of sp³-hybridized carbons (Fsp3) is 1.00. The zero-order valence-electron chi connectivity index (χ0n) is 12.8. The summed E-state index contributed by atoms with van der Waals surface area (Å²) >= 11 is 0. The van der Waals surface area contributed by atoms with Crippen LogP contribution in [0.4, 0.5) is 0 Å². The predicted molar refractivity (Wildman–Crippen MR) is 80.5 cm³/mol. The second kappa shape index (κ2) is 14.1. The summed E-state index contributed by atoms with van der Waals surface area (Å²) in [5.41, 5.74) is 0. The van der Waals surface area contributed by atoms with Gasteiger partial charge in [0.25, 0.3) is 0 Å². The third-order valence-corrected chi connectivity index (χ3v) is 3.85. The van der Waals surface area contributed by atoms with Gasteiger partial charge < -0.3 is 0 Å². The number of hydrogen-bond acceptors (Lipinski definition) is 0. The number of rotatable bonds is 13. The van der Waals surface area contributed by atoms with Gasteiger partial charge in [-0.3, -0.25) is 0 Å². The van der Waals surface area contributed by atoms with Crippen LogP contribution in [0.5, 0.6) is 0 Å². The molecule has 0 fully saturated rings. The van der Waals surface area contributed by atoms with Crippen molar-refractivity contribution >= 4 is 0 Å². The van der Waals surface area contributed by atoms with Gasteiger partial charge >= 0.3 is 0 Å². The zero-order valence-corrected chi connectivity index (χ0v) is 12.8. The van der Waals surface area contributed by atoms with Crippen molar-refractivity contribution in [3.63, 3.8) is 0 Å². The minimum absolute atomic E-state index is 0.975. The maximum absolute atomic E-state index is 2.45. The average Bonchev–Trinajstić information content (AvgIpc) is 2.33. The van der Waals surface area contributed by atoms with Crippen molar-refractivity contribution in [2.24, 2.45) is 5.92 Å². The van der Waals surface area contributed by atoms with Crippen LogP contribution in [0.15, 0.2) is 0 Å². The lowest BCUT2D eigenvalue weighted by Crippen LogP contribution is -1.95. The standard InChI is InChI=1S/C17H36/c1-4-6-8-10-11-12-14-16-17(3)15-13-9-7-5-2/h17H,4-16H2,1-3H3. The average molecular weight is 240 g/mol. The molecule has 0 aromatic rings. The Balaban J connectivity index is 3.08. The van der Waals surface area contributed by atoms with Gasteiger partial charge in [0.1, 0.15) is 0 Å². The molecule has 0 aliphatic heterocycles. The minimum Gasteiger partial charge on any atom is -0.0654 e. The molecule has 1 atom stereocenters. The van der Waals surface area contributed by atoms with Crippen molar-refractivity contribution in [1.29, 1.82) is 0 Å². The summed E-state index contributed by atoms with van der Waals surface area (Å²) in [6.45, 7) is 7.03. The summed E-state index contributed by atoms with van der Waals surface area (Å²) in [5.74, 6) is 0.975. The Kier molecular flexibility index (Phi) is 14.1. The number of unbranched alkanes of at least 4 members (excludes halogenated alkanes) is 9. The minimum atomic E-state index is 0.975. The summed E-state index contributed by atoms with van der Waals surface area (Å²) in [7, 11) is 0. The third-order valence-electron chi connectivity index (χ3n) is 3.85. The number of hydrogen-bond donors (Lipinski definition) is 0. The lowest BCUT2D eigenvalue weighted by Gasteiger charge is -2.10. The molecule has 0 spiro atoms. The maximum atomic E-state index is 2.45. The molecule has 0 heteroatoms. The molecule has 0 rings (SSSR count). The van der Waals surface area contributed by atoms with Crippen LogP contribution in [0.25, 0.3) is 0 Å². The van der Waals surface area contributed by atoms with E-state index < -0.39 is 0 Å². The highest BCUT2D eigenvalue weighted by atomic mass is 14.1. The van der Waals surface area contributed by atoms with Gasteiger partial charge in [0.05, 0.1) is 0 Å². The van der Waals surface area contributed by atoms with Crippen molar-refractivity contribution in [3.8, 4) is 0 Å². The summed E-state index contributed by atoms with van der Waals surface area (Å²) in [6, 6.07) is 0. The van der Waals surface area contributed by atoms with Crippen LogP contribution < -0.4 is 0 Å². The van der Waals surface area contributed by atoms with Gasteiger partial charge in [0, 0.05) is 0 Å². The van der Waals surface area contributed by atoms with Crippen molar-refractivity contribution in [1.82, 2.24) is 0 Å². The van der Waals surface area contributed by atoms with E-state index in [-0.39, 0.29) is 0 Å². The molecular weight excluding hydrogens is 204 g/mol. The fourth-order valence-corrected chi connectivity index (χ4v) is 2.51. The molecule has 0 radical (unpaired) electrons. The van der Waals surface area contributed by atoms with E-state index in [1.54, 1.807) is 0 Å². The van der Waals surface area contributed by atoms with E-state index in [1.165, 1.54) is 83.5 Å². The summed E-state index contributed by atoms with van der Waals surface area (Å²) < 4.78 is 0. The first-order valence-electron chi connectivity index (χ1n) is 8.31. The van der Waals surface area contributed by atoms with Crippen LogP contribution in [0.1, 0.15) is 104 Å². The second-order valence-electron chi connectivity index (χ2n) is 5.86. The zero-order chi connectivity index (χ0) is 12.8. The van der Waals surface area contributed by atoms with E-state index in [0.717, 1.165) is 5.92 Å². The van der Waals surface area contributed by atoms with E-state index in [1.807, 2.05) is 0 Å². The highest BCUT2D eigenvalue weighted by molar-refractivity contribution is 4.55. The van der Waals surface area contributed by atoms with Gasteiger partial charge in [-0.05, 0) is 5.92 Å². The molecule has 104 valence electrons. The Labute approximate surface area is 111 Å². The molecule has 0 aromatic heterocycles. The first kappa shape index (κ1) is 17.0. The second-order valence-corrected chi connectivity index (χ2v) is 5.86. The van der Waals surface area contributed by atoms with Gasteiger partial charge in [0.15, 0.2) is 0 Å². The lowest BCUT2D eigenvalue weighted by atomic mass is 9.96. The van der Waals surface area contributed by atoms with Gasteiger partial charge in [0.2, 0.25) is 0 Å². The predicted octanol–water partition coefficient (Wildman–Crippen LogP) is 6.73. The molecule has 17 heavy (non-hydrogen) atoms. The monoisotopic (exact) mass is 240 g/mol. The molecular formula is C17H36. The Morgan fingerprint density at radius 2 is 0.882 bits per heavy atom. The van der Waals surface area contributed by atoms with Crippen LogP contribution in [0, 0.1) is 5.92 Å². The van der Waals surface area contributed by atoms with E-state index >= 15 is 0 Å². The highest BCUT2D eigenvalue weighted by Crippen LogP contribution is 2.17. The summed E-state index contributed by atoms with van der Waals surface area (Å²) in [5, 5.41) is 0. The van der Waals surface area contributed by atoms with Crippen LogP contribution in [0.3, 0.4) is 0 Å². The first-order valence-corrected chi connectivity index (χ1v) is 8.31. The quantitative estimate of drug-likeness (QED) is 0.313. The third kappa shape index (κ3) is 13.9. The summed E-state index contributed by atoms with van der Waals surface area (Å²) in [4.78, 5) is 0. The molecule has 0 nitrogen and oxygen atoms in total. The molecule has 0 saturated carbocycles. The Morgan fingerprint density at radius 1 is 0.529 bits per heavy atom. The molecule has 0 aromatic carbocycles. The van der Waals surface area contributed by atoms with Crippen LogP contribution >= 0.6 is 0 Å². The lowest BCUT2D eigenvalue weighted by molar-refractivity contribution is 0.433. The van der Waals surface area contributed by atoms with E-state index in [4.69, 9.17) is 0 Å². The van der Waals surface area contributed by atoms with Gasteiger partial charge in [-0.2, -0.15) is 0 Å². The van der Waals surface area contributed by atoms with E-state index in [2.05, 4.69) is 20.8 Å². The SMILES string of the molecule is CCCCCCCCCC(C)CCCCCC. The van der Waals surface area contributed by atoms with Crippen molar-refractivity contribution in [2.75, 3.05) is 0 Å². The van der Waals surface area contributed by atoms with Crippen molar-refractivity contribution in [2.45, 2.75) is 104 Å². The van der Waals surface area contributed by atoms with Crippen molar-refractivity contribution in [3.05, 3.63) is 0 Å². The molecule has 1 unspecified atom stereocenters. The van der Waals surface area contributed by atoms with Crippen LogP contribution in [-0.2, 0) is 0 Å². The molecule has 0 N–H and O–H groups in total. The van der Waals surface area contributed by atoms with E-state index in [0.29, 0.717) is 0 Å². The Morgan fingerprint density at radius 3 is 1.35 bits per heavy atom. The highest BCUT2D eigenvalue weighted by Gasteiger charge is 2.01. The maximum Gasteiger partial charge on any atom is -0.0443 e. The summed E-state index contributed by atoms with van der Waals surface area (Å²) in [6.07, 6.45) is 18.8. The molecule has 0 amide bonds. The molecule has 0 saturated heterocycles. The Bertz CT molecular complexity index is 128. The normalized spacial score (nSPS) is 12.9. The van der Waals surface area contributed by atoms with Crippen LogP contribution in [-0.4, -0.2) is 0 Å². The molecule has 0 aliphatic carbocycles. The fourth-order valence-electron chi connectivity index (χ4n) is 2.51. The first-order chi connectivity index (χ1) is 8.31. The molecule has 0 heterocycles. The van der Waals surface area contributed by atoms with Gasteiger partial charge in [-0.25, -0.2) is 0 Å². The van der Waals surface area contributed by atoms with E-state index in [9.17, 15) is 0 Å². The molecule has 0 aliphatic rings. The van der Waals surface area contributed by atoms with Crippen molar-refractivity contribution < 1.29 is 0 Å². The largest absolute Gasteiger partial charge is 0.0654 e. The van der Waals surface area contributed by atoms with Gasteiger partial charge in [-0.1, -0.05) is 104 Å².